The number of hydrogen-bond acceptors (Lipinski definition) is 5. The Morgan fingerprint density at radius 3 is 2.78 bits per heavy atom. The summed E-state index contributed by atoms with van der Waals surface area (Å²) in [5, 5.41) is 5.74. The van der Waals surface area contributed by atoms with Gasteiger partial charge in [0.05, 0.1) is 7.11 Å². The monoisotopic (exact) mass is 283 g/mol. The molecule has 1 aromatic carbocycles. The fraction of sp³-hybridized carbons (Fsp3) is 0.167. The Bertz CT molecular complexity index is 621. The minimum atomic E-state index is -0.646. The van der Waals surface area contributed by atoms with E-state index in [1.54, 1.807) is 7.11 Å². The number of carbonyl (C=O) groups is 1. The van der Waals surface area contributed by atoms with E-state index in [0.717, 1.165) is 15.8 Å². The second-order valence-corrected chi connectivity index (χ2v) is 4.66. The fourth-order valence-corrected chi connectivity index (χ4v) is 2.71. The van der Waals surface area contributed by atoms with Crippen molar-refractivity contribution in [3.8, 4) is 5.75 Å². The topological polar surface area (TPSA) is 47.9 Å². The maximum Gasteiger partial charge on any atom is 0.274 e. The Morgan fingerprint density at radius 1 is 1.39 bits per heavy atom. The number of rotatable bonds is 4. The summed E-state index contributed by atoms with van der Waals surface area (Å²) in [6.45, 7) is 0. The summed E-state index contributed by atoms with van der Waals surface area (Å²) >= 11 is 6.99. The maximum atomic E-state index is 11.3. The third-order valence-corrected chi connectivity index (χ3v) is 3.53. The van der Waals surface area contributed by atoms with Crippen LogP contribution in [0.4, 0.5) is 0 Å². The lowest BCUT2D eigenvalue weighted by molar-refractivity contribution is -0.106. The molecule has 0 bridgehead atoms. The second kappa shape index (κ2) is 5.37. The molecule has 6 heteroatoms. The van der Waals surface area contributed by atoms with E-state index in [1.807, 2.05) is 23.6 Å². The van der Waals surface area contributed by atoms with Crippen molar-refractivity contribution in [2.24, 2.45) is 5.16 Å². The molecule has 0 aliphatic rings. The molecular formula is C12H10ClNO3S. The maximum absolute atomic E-state index is 11.3. The molecule has 0 fully saturated rings. The summed E-state index contributed by atoms with van der Waals surface area (Å²) in [6, 6.07) is 5.58. The number of halogens is 1. The van der Waals surface area contributed by atoms with Gasteiger partial charge in [0, 0.05) is 21.0 Å². The van der Waals surface area contributed by atoms with Gasteiger partial charge in [0.25, 0.3) is 5.24 Å². The normalized spacial score (nSPS) is 11.6. The Hall–Kier alpha value is -1.59. The third-order valence-electron chi connectivity index (χ3n) is 2.41. The molecule has 1 aromatic heterocycles. The minimum Gasteiger partial charge on any atom is -0.497 e. The van der Waals surface area contributed by atoms with Crippen LogP contribution >= 0.6 is 22.9 Å². The number of ether oxygens (including phenoxy) is 1. The van der Waals surface area contributed by atoms with E-state index in [2.05, 4.69) is 9.99 Å². The number of fused-ring (bicyclic) bond motifs is 1. The van der Waals surface area contributed by atoms with Crippen molar-refractivity contribution >= 4 is 44.0 Å². The van der Waals surface area contributed by atoms with Crippen molar-refractivity contribution in [1.82, 2.24) is 0 Å². The lowest BCUT2D eigenvalue weighted by Gasteiger charge is -2.01. The van der Waals surface area contributed by atoms with E-state index < -0.39 is 5.24 Å². The van der Waals surface area contributed by atoms with Crippen LogP contribution in [0.1, 0.15) is 5.56 Å². The molecule has 18 heavy (non-hydrogen) atoms. The van der Waals surface area contributed by atoms with Crippen LogP contribution < -0.4 is 4.74 Å². The molecule has 0 aliphatic heterocycles. The lowest BCUT2D eigenvalue weighted by Crippen LogP contribution is -2.09. The largest absolute Gasteiger partial charge is 0.497 e. The number of nitrogens with zero attached hydrogens (tertiary/aromatic N) is 1. The average Bonchev–Trinajstić information content (AvgIpc) is 2.78. The Morgan fingerprint density at radius 2 is 2.17 bits per heavy atom. The van der Waals surface area contributed by atoms with Crippen molar-refractivity contribution in [2.75, 3.05) is 14.2 Å². The smallest absolute Gasteiger partial charge is 0.274 e. The molecule has 4 nitrogen and oxygen atoms in total. The highest BCUT2D eigenvalue weighted by Crippen LogP contribution is 2.30. The van der Waals surface area contributed by atoms with Gasteiger partial charge in [-0.25, -0.2) is 0 Å². The van der Waals surface area contributed by atoms with Crippen LogP contribution in [0.25, 0.3) is 10.1 Å². The van der Waals surface area contributed by atoms with Crippen molar-refractivity contribution in [3.63, 3.8) is 0 Å². The molecule has 0 amide bonds. The van der Waals surface area contributed by atoms with Crippen LogP contribution in [-0.2, 0) is 9.63 Å². The predicted molar refractivity (Wildman–Crippen MR) is 72.8 cm³/mol. The van der Waals surface area contributed by atoms with Gasteiger partial charge in [-0.2, -0.15) is 0 Å². The predicted octanol–water partition coefficient (Wildman–Crippen LogP) is 3.03. The molecule has 0 saturated heterocycles. The minimum absolute atomic E-state index is 0.107. The summed E-state index contributed by atoms with van der Waals surface area (Å²) in [5.74, 6) is 0.762. The molecule has 0 atom stereocenters. The van der Waals surface area contributed by atoms with Gasteiger partial charge < -0.3 is 9.57 Å². The highest BCUT2D eigenvalue weighted by Gasteiger charge is 2.17. The van der Waals surface area contributed by atoms with Crippen molar-refractivity contribution < 1.29 is 14.4 Å². The first-order valence-corrected chi connectivity index (χ1v) is 6.29. The summed E-state index contributed by atoms with van der Waals surface area (Å²) < 4.78 is 6.14. The van der Waals surface area contributed by atoms with Gasteiger partial charge in [0.2, 0.25) is 0 Å². The molecule has 1 heterocycles. The Labute approximate surface area is 113 Å². The Kier molecular flexibility index (Phi) is 3.84. The van der Waals surface area contributed by atoms with Gasteiger partial charge in [-0.05, 0) is 29.8 Å². The zero-order valence-electron chi connectivity index (χ0n) is 9.77. The van der Waals surface area contributed by atoms with Crippen LogP contribution in [0.2, 0.25) is 0 Å². The zero-order chi connectivity index (χ0) is 13.1. The number of carbonyl (C=O) groups excluding carboxylic acids is 1. The number of oxime groups is 1. The summed E-state index contributed by atoms with van der Waals surface area (Å²) in [7, 11) is 2.98. The summed E-state index contributed by atoms with van der Waals surface area (Å²) in [6.07, 6.45) is 0. The number of hydrogen-bond donors (Lipinski definition) is 0. The van der Waals surface area contributed by atoms with Gasteiger partial charge in [-0.15, -0.1) is 11.3 Å². The fourth-order valence-electron chi connectivity index (χ4n) is 1.60. The third kappa shape index (κ3) is 2.32. The second-order valence-electron chi connectivity index (χ2n) is 3.41. The highest BCUT2D eigenvalue weighted by atomic mass is 35.5. The van der Waals surface area contributed by atoms with Crippen LogP contribution in [0.15, 0.2) is 28.7 Å². The molecule has 0 N–H and O–H groups in total. The Balaban J connectivity index is 2.58. The van der Waals surface area contributed by atoms with Gasteiger partial charge in [-0.3, -0.25) is 4.79 Å². The van der Waals surface area contributed by atoms with E-state index >= 15 is 0 Å². The first kappa shape index (κ1) is 12.9. The zero-order valence-corrected chi connectivity index (χ0v) is 11.3. The number of thiophene rings is 1. The number of methoxy groups -OCH3 is 1. The number of benzene rings is 1. The first-order valence-electron chi connectivity index (χ1n) is 5.04. The molecule has 0 radical (unpaired) electrons. The van der Waals surface area contributed by atoms with Crippen molar-refractivity contribution in [1.29, 1.82) is 0 Å². The summed E-state index contributed by atoms with van der Waals surface area (Å²) in [5.41, 5.74) is 0.773. The molecule has 0 spiro atoms. The average molecular weight is 284 g/mol. The quantitative estimate of drug-likeness (QED) is 0.492. The van der Waals surface area contributed by atoms with E-state index in [0.29, 0.717) is 5.56 Å². The SMILES string of the molecule is CO/N=C(/C(=O)Cl)c1csc2cc(OC)ccc12. The summed E-state index contributed by atoms with van der Waals surface area (Å²) in [4.78, 5) is 16.0. The lowest BCUT2D eigenvalue weighted by atomic mass is 10.1. The molecule has 0 aliphatic carbocycles. The van der Waals surface area contributed by atoms with Gasteiger partial charge in [-0.1, -0.05) is 5.16 Å². The molecule has 0 unspecified atom stereocenters. The van der Waals surface area contributed by atoms with E-state index in [4.69, 9.17) is 16.3 Å². The molecule has 2 rings (SSSR count). The van der Waals surface area contributed by atoms with Crippen LogP contribution in [0.5, 0.6) is 5.75 Å². The standard InChI is InChI=1S/C12H10ClNO3S/c1-16-7-3-4-8-9(6-18-10(8)5-7)11(12(13)15)14-17-2/h3-6H,1-2H3/b14-11+. The van der Waals surface area contributed by atoms with E-state index in [1.165, 1.54) is 18.4 Å². The molecule has 0 saturated carbocycles. The highest BCUT2D eigenvalue weighted by molar-refractivity contribution is 7.17. The van der Waals surface area contributed by atoms with Gasteiger partial charge >= 0.3 is 0 Å². The van der Waals surface area contributed by atoms with Crippen LogP contribution in [-0.4, -0.2) is 25.2 Å². The van der Waals surface area contributed by atoms with E-state index in [9.17, 15) is 4.79 Å². The first-order chi connectivity index (χ1) is 8.67. The molecule has 94 valence electrons. The van der Waals surface area contributed by atoms with Gasteiger partial charge in [0.1, 0.15) is 12.9 Å². The van der Waals surface area contributed by atoms with Crippen LogP contribution in [0, 0.1) is 0 Å². The van der Waals surface area contributed by atoms with E-state index in [-0.39, 0.29) is 5.71 Å². The van der Waals surface area contributed by atoms with Crippen LogP contribution in [0.3, 0.4) is 0 Å². The molecule has 2 aromatic rings. The van der Waals surface area contributed by atoms with Crippen molar-refractivity contribution in [2.45, 2.75) is 0 Å². The molecular weight excluding hydrogens is 274 g/mol. The van der Waals surface area contributed by atoms with Crippen molar-refractivity contribution in [3.05, 3.63) is 29.1 Å². The van der Waals surface area contributed by atoms with Gasteiger partial charge in [0.15, 0.2) is 5.71 Å².